The van der Waals surface area contributed by atoms with E-state index in [0.717, 1.165) is 17.5 Å². The summed E-state index contributed by atoms with van der Waals surface area (Å²) in [6, 6.07) is 12.5. The average molecular weight is 379 g/mol. The van der Waals surface area contributed by atoms with Gasteiger partial charge >= 0.3 is 0 Å². The summed E-state index contributed by atoms with van der Waals surface area (Å²) in [6.45, 7) is 6.03. The van der Waals surface area contributed by atoms with E-state index in [0.29, 0.717) is 23.5 Å². The zero-order valence-corrected chi connectivity index (χ0v) is 16.3. The highest BCUT2D eigenvalue weighted by molar-refractivity contribution is 5.87. The summed E-state index contributed by atoms with van der Waals surface area (Å²) in [4.78, 5) is 11.2. The Bertz CT molecular complexity index is 900. The van der Waals surface area contributed by atoms with Crippen molar-refractivity contribution in [1.82, 2.24) is 10.9 Å². The number of nitrogens with zero attached hydrogens (tertiary/aromatic N) is 1. The number of carbonyl (C=O) groups is 1. The van der Waals surface area contributed by atoms with Crippen molar-refractivity contribution in [1.29, 1.82) is 5.26 Å². The number of benzene rings is 2. The van der Waals surface area contributed by atoms with Crippen molar-refractivity contribution in [2.45, 2.75) is 39.7 Å². The second kappa shape index (κ2) is 10.1. The fourth-order valence-electron chi connectivity index (χ4n) is 2.73. The summed E-state index contributed by atoms with van der Waals surface area (Å²) in [5.74, 6) is 0.728. The Morgan fingerprint density at radius 2 is 1.96 bits per heavy atom. The Morgan fingerprint density at radius 3 is 2.57 bits per heavy atom. The average Bonchev–Trinajstić information content (AvgIpc) is 2.73. The first-order chi connectivity index (χ1) is 13.6. The lowest BCUT2D eigenvalue weighted by Crippen LogP contribution is -2.47. The highest BCUT2D eigenvalue weighted by Gasteiger charge is 2.14. The van der Waals surface area contributed by atoms with E-state index in [4.69, 9.17) is 10.00 Å². The minimum absolute atomic E-state index is 0.00339. The molecule has 6 heteroatoms. The third-order valence-corrected chi connectivity index (χ3v) is 4.14. The van der Waals surface area contributed by atoms with Gasteiger partial charge in [0.05, 0.1) is 11.6 Å². The molecule has 6 nitrogen and oxygen atoms in total. The first-order valence-electron chi connectivity index (χ1n) is 9.35. The number of phenols is 1. The Hall–Kier alpha value is -3.30. The molecule has 3 N–H and O–H groups in total. The number of carbonyl (C=O) groups excluding carboxylic acids is 1. The van der Waals surface area contributed by atoms with Gasteiger partial charge in [0.1, 0.15) is 5.75 Å². The Morgan fingerprint density at radius 1 is 1.18 bits per heavy atom. The summed E-state index contributed by atoms with van der Waals surface area (Å²) < 4.78 is 5.91. The van der Waals surface area contributed by atoms with E-state index in [2.05, 4.69) is 10.9 Å². The molecule has 1 atom stereocenters. The fraction of sp³-hybridized carbons (Fsp3) is 0.273. The number of phenolic OH excluding ortho intramolecular Hbond substituents is 1. The Balaban J connectivity index is 0.00000136. The molecule has 3 rings (SSSR count). The van der Waals surface area contributed by atoms with E-state index >= 15 is 0 Å². The molecule has 0 aliphatic carbocycles. The van der Waals surface area contributed by atoms with Crippen molar-refractivity contribution in [3.8, 4) is 23.3 Å². The number of ether oxygens (including phenoxy) is 1. The minimum Gasteiger partial charge on any atom is -0.504 e. The second-order valence-electron chi connectivity index (χ2n) is 6.00. The van der Waals surface area contributed by atoms with E-state index < -0.39 is 0 Å². The molecule has 0 spiro atoms. The molecule has 0 fully saturated rings. The number of hydrazine groups is 1. The van der Waals surface area contributed by atoms with Crippen molar-refractivity contribution in [3.63, 3.8) is 0 Å². The van der Waals surface area contributed by atoms with Crippen LogP contribution >= 0.6 is 0 Å². The molecule has 2 aromatic rings. The standard InChI is InChI=1S/C20H19N3O3.C2H6/c1-2-15-5-3-13(9-16-6-8-20(25)23-22-16)11-19(15)26-18-7-4-14(12-21)10-17(18)24;1-2/h3-8,10-11,16,22,24H,2,9H2,1H3,(H,23,25);1-2H3. The van der Waals surface area contributed by atoms with Crippen LogP contribution in [0.2, 0.25) is 0 Å². The Kier molecular flexibility index (Phi) is 7.61. The van der Waals surface area contributed by atoms with Crippen LogP contribution in [-0.2, 0) is 17.6 Å². The first-order valence-corrected chi connectivity index (χ1v) is 9.35. The zero-order valence-electron chi connectivity index (χ0n) is 16.3. The topological polar surface area (TPSA) is 94.4 Å². The molecule has 0 bridgehead atoms. The van der Waals surface area contributed by atoms with Gasteiger partial charge in [0.25, 0.3) is 5.91 Å². The SMILES string of the molecule is CC.CCc1ccc(CC2C=CC(=O)NN2)cc1Oc1ccc(C#N)cc1O. The van der Waals surface area contributed by atoms with Gasteiger partial charge in [-0.2, -0.15) is 5.26 Å². The minimum atomic E-state index is -0.164. The van der Waals surface area contributed by atoms with Gasteiger partial charge in [-0.05, 0) is 42.2 Å². The van der Waals surface area contributed by atoms with Crippen LogP contribution in [0.4, 0.5) is 0 Å². The number of hydrogen-bond donors (Lipinski definition) is 3. The molecule has 1 unspecified atom stereocenters. The highest BCUT2D eigenvalue weighted by atomic mass is 16.5. The molecule has 146 valence electrons. The van der Waals surface area contributed by atoms with Crippen molar-refractivity contribution in [2.75, 3.05) is 0 Å². The normalized spacial score (nSPS) is 15.1. The van der Waals surface area contributed by atoms with Gasteiger partial charge in [-0.1, -0.05) is 39.0 Å². The maximum absolute atomic E-state index is 11.2. The third kappa shape index (κ3) is 5.35. The molecule has 1 heterocycles. The maximum Gasteiger partial charge on any atom is 0.257 e. The summed E-state index contributed by atoms with van der Waals surface area (Å²) in [5.41, 5.74) is 7.94. The molecule has 1 aliphatic rings. The lowest BCUT2D eigenvalue weighted by atomic mass is 10.0. The summed E-state index contributed by atoms with van der Waals surface area (Å²) in [6.07, 6.45) is 4.79. The molecule has 1 amide bonds. The van der Waals surface area contributed by atoms with Crippen LogP contribution in [0.1, 0.15) is 37.5 Å². The van der Waals surface area contributed by atoms with Crippen molar-refractivity contribution in [2.24, 2.45) is 0 Å². The highest BCUT2D eigenvalue weighted by Crippen LogP contribution is 2.34. The molecule has 0 radical (unpaired) electrons. The predicted molar refractivity (Wildman–Crippen MR) is 108 cm³/mol. The monoisotopic (exact) mass is 379 g/mol. The molecule has 2 aromatic carbocycles. The van der Waals surface area contributed by atoms with Crippen LogP contribution in [0.5, 0.6) is 17.2 Å². The molecular formula is C22H25N3O3. The molecule has 28 heavy (non-hydrogen) atoms. The number of hydrogen-bond acceptors (Lipinski definition) is 5. The van der Waals surface area contributed by atoms with E-state index in [1.54, 1.807) is 12.1 Å². The van der Waals surface area contributed by atoms with Gasteiger partial charge in [-0.15, -0.1) is 0 Å². The van der Waals surface area contributed by atoms with Gasteiger partial charge < -0.3 is 9.84 Å². The maximum atomic E-state index is 11.2. The molecule has 0 aromatic heterocycles. The van der Waals surface area contributed by atoms with E-state index in [-0.39, 0.29) is 17.7 Å². The van der Waals surface area contributed by atoms with Crippen LogP contribution in [0.3, 0.4) is 0 Å². The number of aromatic hydroxyl groups is 1. The quantitative estimate of drug-likeness (QED) is 0.736. The summed E-state index contributed by atoms with van der Waals surface area (Å²) in [5, 5.41) is 19.0. The van der Waals surface area contributed by atoms with E-state index in [1.807, 2.05) is 51.1 Å². The lowest BCUT2D eigenvalue weighted by Gasteiger charge is -2.20. The second-order valence-corrected chi connectivity index (χ2v) is 6.00. The lowest BCUT2D eigenvalue weighted by molar-refractivity contribution is -0.118. The number of nitriles is 1. The summed E-state index contributed by atoms with van der Waals surface area (Å²) in [7, 11) is 0. The number of nitrogens with one attached hydrogen (secondary N) is 2. The third-order valence-electron chi connectivity index (χ3n) is 4.14. The molecule has 1 aliphatic heterocycles. The van der Waals surface area contributed by atoms with Gasteiger partial charge in [0, 0.05) is 18.2 Å². The van der Waals surface area contributed by atoms with Crippen molar-refractivity contribution >= 4 is 5.91 Å². The van der Waals surface area contributed by atoms with Crippen molar-refractivity contribution < 1.29 is 14.6 Å². The van der Waals surface area contributed by atoms with Crippen LogP contribution in [0.15, 0.2) is 48.6 Å². The van der Waals surface area contributed by atoms with Gasteiger partial charge in [0.2, 0.25) is 0 Å². The largest absolute Gasteiger partial charge is 0.504 e. The number of amides is 1. The Labute approximate surface area is 165 Å². The first kappa shape index (κ1) is 21.0. The van der Waals surface area contributed by atoms with E-state index in [9.17, 15) is 9.90 Å². The predicted octanol–water partition coefficient (Wildman–Crippen LogP) is 3.75. The molecule has 0 saturated carbocycles. The van der Waals surface area contributed by atoms with E-state index in [1.165, 1.54) is 12.1 Å². The van der Waals surface area contributed by atoms with Gasteiger partial charge in [0.15, 0.2) is 11.5 Å². The molecule has 0 saturated heterocycles. The zero-order chi connectivity index (χ0) is 20.5. The smallest absolute Gasteiger partial charge is 0.257 e. The fourth-order valence-corrected chi connectivity index (χ4v) is 2.73. The van der Waals surface area contributed by atoms with Crippen LogP contribution in [-0.4, -0.2) is 17.1 Å². The summed E-state index contributed by atoms with van der Waals surface area (Å²) >= 11 is 0. The number of rotatable bonds is 5. The van der Waals surface area contributed by atoms with Crippen LogP contribution in [0.25, 0.3) is 0 Å². The van der Waals surface area contributed by atoms with Crippen molar-refractivity contribution in [3.05, 3.63) is 65.2 Å². The number of aryl methyl sites for hydroxylation is 1. The van der Waals surface area contributed by atoms with Crippen LogP contribution < -0.4 is 15.6 Å². The molecular weight excluding hydrogens is 354 g/mol. The van der Waals surface area contributed by atoms with Crippen LogP contribution in [0, 0.1) is 11.3 Å². The van der Waals surface area contributed by atoms with Gasteiger partial charge in [-0.3, -0.25) is 10.2 Å². The van der Waals surface area contributed by atoms with Gasteiger partial charge in [-0.25, -0.2) is 5.43 Å².